The Bertz CT molecular complexity index is 426. The zero-order valence-corrected chi connectivity index (χ0v) is 12.5. The molecule has 1 aliphatic carbocycles. The normalized spacial score (nSPS) is 15.1. The number of hydrogen-bond acceptors (Lipinski definition) is 4. The molecule has 0 unspecified atom stereocenters. The summed E-state index contributed by atoms with van der Waals surface area (Å²) in [5, 5.41) is 2.78. The Morgan fingerprint density at radius 2 is 1.90 bits per heavy atom. The second kappa shape index (κ2) is 8.64. The Balaban J connectivity index is 1.72. The Morgan fingerprint density at radius 1 is 1.19 bits per heavy atom. The molecule has 1 N–H and O–H groups in total. The Kier molecular flexibility index (Phi) is 6.50. The van der Waals surface area contributed by atoms with Crippen LogP contribution in [0.5, 0.6) is 5.75 Å². The van der Waals surface area contributed by atoms with Crippen molar-refractivity contribution in [2.75, 3.05) is 32.2 Å². The van der Waals surface area contributed by atoms with Crippen molar-refractivity contribution in [2.45, 2.75) is 31.8 Å². The van der Waals surface area contributed by atoms with E-state index >= 15 is 0 Å². The van der Waals surface area contributed by atoms with Gasteiger partial charge >= 0.3 is 0 Å². The standard InChI is InChI=1S/C16H23NO4/c1-19-10-11-20-12-16(18)17-13-6-8-15(9-7-13)21-14-4-2-3-5-14/h6-9,14H,2-5,10-12H2,1H3,(H,17,18). The number of carbonyl (C=O) groups excluding carboxylic acids is 1. The van der Waals surface area contributed by atoms with E-state index in [1.54, 1.807) is 7.11 Å². The van der Waals surface area contributed by atoms with Crippen LogP contribution in [0.25, 0.3) is 0 Å². The lowest BCUT2D eigenvalue weighted by molar-refractivity contribution is -0.121. The molecule has 1 amide bonds. The summed E-state index contributed by atoms with van der Waals surface area (Å²) < 4.78 is 15.9. The van der Waals surface area contributed by atoms with Crippen LogP contribution in [0.4, 0.5) is 5.69 Å². The Morgan fingerprint density at radius 3 is 2.57 bits per heavy atom. The van der Waals surface area contributed by atoms with Gasteiger partial charge in [-0.2, -0.15) is 0 Å². The smallest absolute Gasteiger partial charge is 0.250 e. The molecule has 0 heterocycles. The molecule has 0 radical (unpaired) electrons. The van der Waals surface area contributed by atoms with Crippen molar-refractivity contribution < 1.29 is 19.0 Å². The fourth-order valence-corrected chi connectivity index (χ4v) is 2.32. The summed E-state index contributed by atoms with van der Waals surface area (Å²) in [6.45, 7) is 0.933. The highest BCUT2D eigenvalue weighted by molar-refractivity contribution is 5.91. The van der Waals surface area contributed by atoms with Gasteiger partial charge in [-0.1, -0.05) is 0 Å². The van der Waals surface area contributed by atoms with E-state index in [9.17, 15) is 4.79 Å². The van der Waals surface area contributed by atoms with Crippen LogP contribution >= 0.6 is 0 Å². The fourth-order valence-electron chi connectivity index (χ4n) is 2.32. The SMILES string of the molecule is COCCOCC(=O)Nc1ccc(OC2CCCC2)cc1. The lowest BCUT2D eigenvalue weighted by Gasteiger charge is -2.13. The van der Waals surface area contributed by atoms with Crippen LogP contribution in [0.15, 0.2) is 24.3 Å². The van der Waals surface area contributed by atoms with E-state index in [1.807, 2.05) is 24.3 Å². The number of amides is 1. The summed E-state index contributed by atoms with van der Waals surface area (Å²) in [4.78, 5) is 11.6. The average molecular weight is 293 g/mol. The lowest BCUT2D eigenvalue weighted by Crippen LogP contribution is -2.19. The van der Waals surface area contributed by atoms with Gasteiger partial charge in [-0.3, -0.25) is 4.79 Å². The van der Waals surface area contributed by atoms with E-state index in [0.717, 1.165) is 24.3 Å². The second-order valence-electron chi connectivity index (χ2n) is 5.14. The van der Waals surface area contributed by atoms with E-state index in [-0.39, 0.29) is 12.5 Å². The highest BCUT2D eigenvalue weighted by Gasteiger charge is 2.16. The summed E-state index contributed by atoms with van der Waals surface area (Å²) in [5.41, 5.74) is 0.745. The first-order valence-electron chi connectivity index (χ1n) is 7.41. The van der Waals surface area contributed by atoms with Crippen molar-refractivity contribution in [3.05, 3.63) is 24.3 Å². The zero-order valence-electron chi connectivity index (χ0n) is 12.5. The molecule has 1 fully saturated rings. The van der Waals surface area contributed by atoms with Crippen molar-refractivity contribution in [1.82, 2.24) is 0 Å². The molecule has 116 valence electrons. The maximum absolute atomic E-state index is 11.6. The first-order valence-corrected chi connectivity index (χ1v) is 7.41. The Hall–Kier alpha value is -1.59. The number of anilines is 1. The van der Waals surface area contributed by atoms with E-state index in [1.165, 1.54) is 12.8 Å². The molecule has 0 spiro atoms. The van der Waals surface area contributed by atoms with Gasteiger partial charge in [0.2, 0.25) is 5.91 Å². The van der Waals surface area contributed by atoms with Crippen LogP contribution in [-0.4, -0.2) is 38.9 Å². The molecule has 0 bridgehead atoms. The fraction of sp³-hybridized carbons (Fsp3) is 0.562. The minimum atomic E-state index is -0.171. The highest BCUT2D eigenvalue weighted by Crippen LogP contribution is 2.24. The monoisotopic (exact) mass is 293 g/mol. The van der Waals surface area contributed by atoms with Crippen molar-refractivity contribution in [3.63, 3.8) is 0 Å². The first-order chi connectivity index (χ1) is 10.3. The van der Waals surface area contributed by atoms with Gasteiger partial charge in [-0.15, -0.1) is 0 Å². The molecule has 2 rings (SSSR count). The predicted octanol–water partition coefficient (Wildman–Crippen LogP) is 2.61. The van der Waals surface area contributed by atoms with Gasteiger partial charge in [0.25, 0.3) is 0 Å². The minimum absolute atomic E-state index is 0.0314. The minimum Gasteiger partial charge on any atom is -0.490 e. The van der Waals surface area contributed by atoms with Gasteiger partial charge in [0.1, 0.15) is 12.4 Å². The summed E-state index contributed by atoms with van der Waals surface area (Å²) in [6, 6.07) is 7.47. The topological polar surface area (TPSA) is 56.8 Å². The number of hydrogen-bond donors (Lipinski definition) is 1. The second-order valence-corrected chi connectivity index (χ2v) is 5.14. The van der Waals surface area contributed by atoms with Gasteiger partial charge in [0.15, 0.2) is 0 Å². The van der Waals surface area contributed by atoms with Gasteiger partial charge in [0.05, 0.1) is 19.3 Å². The number of rotatable bonds is 8. The van der Waals surface area contributed by atoms with Gasteiger partial charge in [0, 0.05) is 12.8 Å². The summed E-state index contributed by atoms with van der Waals surface area (Å²) >= 11 is 0. The molecule has 21 heavy (non-hydrogen) atoms. The van der Waals surface area contributed by atoms with Crippen LogP contribution in [0.3, 0.4) is 0 Å². The molecule has 0 atom stereocenters. The number of nitrogens with one attached hydrogen (secondary N) is 1. The maximum atomic E-state index is 11.6. The average Bonchev–Trinajstić information content (AvgIpc) is 2.99. The third-order valence-corrected chi connectivity index (χ3v) is 3.41. The van der Waals surface area contributed by atoms with Crippen molar-refractivity contribution in [3.8, 4) is 5.75 Å². The maximum Gasteiger partial charge on any atom is 0.250 e. The van der Waals surface area contributed by atoms with E-state index in [4.69, 9.17) is 14.2 Å². The summed E-state index contributed by atoms with van der Waals surface area (Å²) in [5.74, 6) is 0.687. The van der Waals surface area contributed by atoms with Gasteiger partial charge < -0.3 is 19.5 Å². The van der Waals surface area contributed by atoms with Crippen molar-refractivity contribution >= 4 is 11.6 Å². The van der Waals surface area contributed by atoms with Crippen molar-refractivity contribution in [2.24, 2.45) is 0 Å². The third-order valence-electron chi connectivity index (χ3n) is 3.41. The molecule has 1 saturated carbocycles. The van der Waals surface area contributed by atoms with Crippen LogP contribution in [0.1, 0.15) is 25.7 Å². The molecular formula is C16H23NO4. The van der Waals surface area contributed by atoms with E-state index < -0.39 is 0 Å². The largest absolute Gasteiger partial charge is 0.490 e. The summed E-state index contributed by atoms with van der Waals surface area (Å²) in [7, 11) is 1.60. The molecule has 5 heteroatoms. The molecule has 1 aromatic rings. The first kappa shape index (κ1) is 15.8. The number of ether oxygens (including phenoxy) is 3. The zero-order chi connectivity index (χ0) is 14.9. The molecular weight excluding hydrogens is 270 g/mol. The van der Waals surface area contributed by atoms with Crippen molar-refractivity contribution in [1.29, 1.82) is 0 Å². The number of benzene rings is 1. The molecule has 1 aliphatic rings. The number of methoxy groups -OCH3 is 1. The molecule has 0 aromatic heterocycles. The molecule has 0 aliphatic heterocycles. The summed E-state index contributed by atoms with van der Waals surface area (Å²) in [6.07, 6.45) is 5.12. The van der Waals surface area contributed by atoms with Gasteiger partial charge in [-0.25, -0.2) is 0 Å². The van der Waals surface area contributed by atoms with Gasteiger partial charge in [-0.05, 0) is 49.9 Å². The Labute approximate surface area is 125 Å². The van der Waals surface area contributed by atoms with Crippen LogP contribution in [-0.2, 0) is 14.3 Å². The highest BCUT2D eigenvalue weighted by atomic mass is 16.5. The van der Waals surface area contributed by atoms with E-state index in [2.05, 4.69) is 5.32 Å². The van der Waals surface area contributed by atoms with Crippen LogP contribution < -0.4 is 10.1 Å². The lowest BCUT2D eigenvalue weighted by atomic mass is 10.2. The van der Waals surface area contributed by atoms with Crippen LogP contribution in [0, 0.1) is 0 Å². The predicted molar refractivity (Wildman–Crippen MR) is 80.7 cm³/mol. The third kappa shape index (κ3) is 5.73. The molecule has 0 saturated heterocycles. The molecule has 5 nitrogen and oxygen atoms in total. The number of carbonyl (C=O) groups is 1. The molecule has 1 aromatic carbocycles. The van der Waals surface area contributed by atoms with Crippen LogP contribution in [0.2, 0.25) is 0 Å². The van der Waals surface area contributed by atoms with E-state index in [0.29, 0.717) is 19.3 Å². The quantitative estimate of drug-likeness (QED) is 0.749.